The monoisotopic (exact) mass is 436 g/mol. The van der Waals surface area contributed by atoms with Gasteiger partial charge in [-0.25, -0.2) is 0 Å². The van der Waals surface area contributed by atoms with E-state index < -0.39 is 6.10 Å². The first-order chi connectivity index (χ1) is 14.6. The van der Waals surface area contributed by atoms with E-state index in [0.29, 0.717) is 30.3 Å². The first kappa shape index (κ1) is 23.5. The fourth-order valence-corrected chi connectivity index (χ4v) is 8.94. The molecular formula is C26H44O5. The van der Waals surface area contributed by atoms with Crippen LogP contribution in [0, 0.1) is 46.3 Å². The Bertz CT molecular complexity index is 666. The molecule has 0 aliphatic heterocycles. The van der Waals surface area contributed by atoms with Gasteiger partial charge in [-0.15, -0.1) is 0 Å². The van der Waals surface area contributed by atoms with Gasteiger partial charge in [-0.1, -0.05) is 20.8 Å². The van der Waals surface area contributed by atoms with Crippen molar-refractivity contribution in [3.8, 4) is 0 Å². The van der Waals surface area contributed by atoms with Gasteiger partial charge >= 0.3 is 5.97 Å². The number of aliphatic hydroxyl groups is 3. The first-order valence-corrected chi connectivity index (χ1v) is 12.8. The second-order valence-corrected chi connectivity index (χ2v) is 11.8. The summed E-state index contributed by atoms with van der Waals surface area (Å²) < 4.78 is 5.05. The van der Waals surface area contributed by atoms with Gasteiger partial charge in [0, 0.05) is 0 Å². The molecule has 3 N–H and O–H groups in total. The second-order valence-electron chi connectivity index (χ2n) is 11.8. The minimum atomic E-state index is -0.724. The highest BCUT2D eigenvalue weighted by molar-refractivity contribution is 5.69. The van der Waals surface area contributed by atoms with Crippen molar-refractivity contribution in [1.82, 2.24) is 0 Å². The highest BCUT2D eigenvalue weighted by Crippen LogP contribution is 2.68. The quantitative estimate of drug-likeness (QED) is 0.569. The molecule has 11 atom stereocenters. The van der Waals surface area contributed by atoms with E-state index in [1.165, 1.54) is 12.8 Å². The van der Waals surface area contributed by atoms with Gasteiger partial charge < -0.3 is 20.1 Å². The molecule has 5 nitrogen and oxygen atoms in total. The Hall–Kier alpha value is -0.650. The van der Waals surface area contributed by atoms with Crippen LogP contribution in [0.3, 0.4) is 0 Å². The van der Waals surface area contributed by atoms with Crippen molar-refractivity contribution in [1.29, 1.82) is 0 Å². The summed E-state index contributed by atoms with van der Waals surface area (Å²) >= 11 is 0. The second kappa shape index (κ2) is 8.61. The summed E-state index contributed by atoms with van der Waals surface area (Å²) in [6.45, 7) is 8.88. The zero-order chi connectivity index (χ0) is 22.6. The molecule has 4 aliphatic carbocycles. The lowest BCUT2D eigenvalue weighted by Crippen LogP contribution is -2.59. The molecule has 0 aromatic heterocycles. The van der Waals surface area contributed by atoms with Crippen molar-refractivity contribution < 1.29 is 24.9 Å². The maximum absolute atomic E-state index is 11.9. The lowest BCUT2D eigenvalue weighted by Gasteiger charge is -2.62. The number of carbonyl (C=O) groups excluding carboxylic acids is 1. The average Bonchev–Trinajstić information content (AvgIpc) is 3.07. The molecule has 4 rings (SSSR count). The predicted molar refractivity (Wildman–Crippen MR) is 119 cm³/mol. The molecule has 0 aromatic rings. The fraction of sp³-hybridized carbons (Fsp3) is 0.962. The molecule has 0 radical (unpaired) electrons. The van der Waals surface area contributed by atoms with Gasteiger partial charge in [0.15, 0.2) is 0 Å². The molecule has 4 fully saturated rings. The summed E-state index contributed by atoms with van der Waals surface area (Å²) in [6.07, 6.45) is 7.07. The van der Waals surface area contributed by atoms with Crippen LogP contribution in [0.4, 0.5) is 0 Å². The maximum atomic E-state index is 11.9. The minimum absolute atomic E-state index is 0.0382. The number of hydrogen-bond donors (Lipinski definition) is 3. The lowest BCUT2D eigenvalue weighted by atomic mass is 9.43. The normalized spacial score (nSPS) is 48.8. The van der Waals surface area contributed by atoms with E-state index in [0.717, 1.165) is 38.5 Å². The summed E-state index contributed by atoms with van der Waals surface area (Å²) in [5.41, 5.74) is 0.0329. The average molecular weight is 437 g/mol. The number of aliphatic hydroxyl groups excluding tert-OH is 3. The third-order valence-corrected chi connectivity index (χ3v) is 10.7. The van der Waals surface area contributed by atoms with Crippen molar-refractivity contribution >= 4 is 5.97 Å². The van der Waals surface area contributed by atoms with Gasteiger partial charge in [-0.2, -0.15) is 0 Å². The third kappa shape index (κ3) is 3.77. The van der Waals surface area contributed by atoms with Gasteiger partial charge in [0.2, 0.25) is 0 Å². The topological polar surface area (TPSA) is 87.0 Å². The number of rotatable bonds is 5. The Morgan fingerprint density at radius 1 is 1.06 bits per heavy atom. The van der Waals surface area contributed by atoms with Crippen LogP contribution in [-0.4, -0.2) is 46.2 Å². The van der Waals surface area contributed by atoms with Crippen molar-refractivity contribution in [2.45, 2.75) is 104 Å². The van der Waals surface area contributed by atoms with Gasteiger partial charge in [-0.3, -0.25) is 4.79 Å². The van der Waals surface area contributed by atoms with Gasteiger partial charge in [0.05, 0.1) is 31.3 Å². The van der Waals surface area contributed by atoms with Crippen LogP contribution in [0.25, 0.3) is 0 Å². The first-order valence-electron chi connectivity index (χ1n) is 12.8. The van der Waals surface area contributed by atoms with Crippen LogP contribution >= 0.6 is 0 Å². The van der Waals surface area contributed by atoms with Gasteiger partial charge in [-0.05, 0) is 105 Å². The van der Waals surface area contributed by atoms with E-state index >= 15 is 0 Å². The van der Waals surface area contributed by atoms with Crippen molar-refractivity contribution in [2.24, 2.45) is 46.3 Å². The van der Waals surface area contributed by atoms with E-state index in [1.54, 1.807) is 6.92 Å². The summed E-state index contributed by atoms with van der Waals surface area (Å²) in [6, 6.07) is 0. The Morgan fingerprint density at radius 3 is 2.52 bits per heavy atom. The predicted octanol–water partition coefficient (Wildman–Crippen LogP) is 3.93. The van der Waals surface area contributed by atoms with Crippen LogP contribution in [0.1, 0.15) is 85.5 Å². The van der Waals surface area contributed by atoms with Crippen molar-refractivity contribution in [3.05, 3.63) is 0 Å². The number of hydrogen-bond acceptors (Lipinski definition) is 5. The lowest BCUT2D eigenvalue weighted by molar-refractivity contribution is -0.178. The van der Waals surface area contributed by atoms with E-state index in [-0.39, 0.29) is 47.3 Å². The van der Waals surface area contributed by atoms with E-state index in [1.807, 2.05) is 0 Å². The Morgan fingerprint density at radius 2 is 1.81 bits per heavy atom. The van der Waals surface area contributed by atoms with Crippen LogP contribution in [0.15, 0.2) is 0 Å². The van der Waals surface area contributed by atoms with E-state index in [9.17, 15) is 20.1 Å². The Balaban J connectivity index is 1.53. The Kier molecular flexibility index (Phi) is 6.53. The molecule has 4 saturated carbocycles. The highest BCUT2D eigenvalue weighted by atomic mass is 16.5. The van der Waals surface area contributed by atoms with Crippen LogP contribution in [0.2, 0.25) is 0 Å². The SMILES string of the molecule is CCOC(=O)CC(O)[C@@H](C)[C@H]1CCC2C3CC[C@@H]4C[C@H](O)CC[C@]4(C)C3C[C@H](O)[C@@]21C. The third-order valence-electron chi connectivity index (χ3n) is 10.7. The molecule has 0 spiro atoms. The standard InChI is InChI=1S/C26H44O5/c1-5-31-24(30)14-22(28)15(2)19-8-9-20-18-7-6-16-12-17(27)10-11-25(16,3)21(18)13-23(29)26(19,20)4/h15-23,27-29H,5-14H2,1-4H3/t15-,16+,17+,18?,19+,20?,21?,22?,23-,25-,26+/m0/s1. The summed E-state index contributed by atoms with van der Waals surface area (Å²) in [5, 5.41) is 32.6. The van der Waals surface area contributed by atoms with Crippen LogP contribution < -0.4 is 0 Å². The summed E-state index contributed by atoms with van der Waals surface area (Å²) in [7, 11) is 0. The van der Waals surface area contributed by atoms with Crippen LogP contribution in [-0.2, 0) is 9.53 Å². The Labute approximate surface area is 187 Å². The summed E-state index contributed by atoms with van der Waals surface area (Å²) in [4.78, 5) is 11.9. The largest absolute Gasteiger partial charge is 0.466 e. The number of esters is 1. The van der Waals surface area contributed by atoms with Gasteiger partial charge in [0.25, 0.3) is 0 Å². The molecule has 0 saturated heterocycles. The molecule has 5 heteroatoms. The van der Waals surface area contributed by atoms with Crippen molar-refractivity contribution in [3.63, 3.8) is 0 Å². The van der Waals surface area contributed by atoms with Crippen molar-refractivity contribution in [2.75, 3.05) is 6.61 Å². The molecule has 4 aliphatic rings. The molecular weight excluding hydrogens is 392 g/mol. The smallest absolute Gasteiger partial charge is 0.308 e. The van der Waals surface area contributed by atoms with E-state index in [2.05, 4.69) is 20.8 Å². The molecule has 31 heavy (non-hydrogen) atoms. The van der Waals surface area contributed by atoms with E-state index in [4.69, 9.17) is 4.74 Å². The molecule has 0 aromatic carbocycles. The summed E-state index contributed by atoms with van der Waals surface area (Å²) in [5.74, 6) is 2.06. The number of fused-ring (bicyclic) bond motifs is 5. The molecule has 0 amide bonds. The zero-order valence-electron chi connectivity index (χ0n) is 19.9. The molecule has 178 valence electrons. The molecule has 0 heterocycles. The zero-order valence-corrected chi connectivity index (χ0v) is 19.9. The fourth-order valence-electron chi connectivity index (χ4n) is 8.94. The van der Waals surface area contributed by atoms with Crippen LogP contribution in [0.5, 0.6) is 0 Å². The van der Waals surface area contributed by atoms with Gasteiger partial charge in [0.1, 0.15) is 0 Å². The number of carbonyl (C=O) groups is 1. The maximum Gasteiger partial charge on any atom is 0.308 e. The molecule has 0 bridgehead atoms. The number of ether oxygens (including phenoxy) is 1. The highest BCUT2D eigenvalue weighted by Gasteiger charge is 2.64. The molecule has 4 unspecified atom stereocenters. The minimum Gasteiger partial charge on any atom is -0.466 e.